The highest BCUT2D eigenvalue weighted by Crippen LogP contribution is 2.43. The molecule has 5 nitrogen and oxygen atoms in total. The van der Waals surface area contributed by atoms with Crippen LogP contribution < -0.4 is 10.6 Å². The quantitative estimate of drug-likeness (QED) is 0.754. The topological polar surface area (TPSA) is 70.6 Å². The van der Waals surface area contributed by atoms with Crippen LogP contribution in [-0.4, -0.2) is 37.5 Å². The number of aliphatic hydroxyl groups excluding tert-OH is 1. The Morgan fingerprint density at radius 2 is 2.17 bits per heavy atom. The Morgan fingerprint density at radius 1 is 1.43 bits per heavy atom. The lowest BCUT2D eigenvalue weighted by Gasteiger charge is -2.40. The molecule has 0 spiro atoms. The zero-order valence-corrected chi connectivity index (χ0v) is 14.3. The summed E-state index contributed by atoms with van der Waals surface area (Å²) in [5, 5.41) is 15.5. The summed E-state index contributed by atoms with van der Waals surface area (Å²) in [5.74, 6) is 0. The summed E-state index contributed by atoms with van der Waals surface area (Å²) in [6, 6.07) is 8.11. The first-order valence-electron chi connectivity index (χ1n) is 8.23. The number of methoxy groups -OCH3 is 1. The van der Waals surface area contributed by atoms with Gasteiger partial charge in [0.1, 0.15) is 0 Å². The summed E-state index contributed by atoms with van der Waals surface area (Å²) in [7, 11) is 1.55. The summed E-state index contributed by atoms with van der Waals surface area (Å²) in [6.07, 6.45) is 2.02. The molecule has 0 heterocycles. The standard InChI is InChI=1S/C18H28N2O3/c1-18(2)10-8-13-6-4-5-7-15(13)16(18)20-17(22)19-11-9-14(21)12-23-3/h4-7,14,16,21H,8-12H2,1-3H3,(H2,19,20,22)/t14-,16-/m1/s1. The molecule has 0 saturated heterocycles. The third-order valence-electron chi connectivity index (χ3n) is 4.58. The van der Waals surface area contributed by atoms with Crippen molar-refractivity contribution in [3.05, 3.63) is 35.4 Å². The molecule has 1 aliphatic rings. The Kier molecular flexibility index (Phi) is 6.02. The zero-order chi connectivity index (χ0) is 16.9. The smallest absolute Gasteiger partial charge is 0.315 e. The minimum Gasteiger partial charge on any atom is -0.391 e. The highest BCUT2D eigenvalue weighted by Gasteiger charge is 2.36. The van der Waals surface area contributed by atoms with Crippen LogP contribution in [0.5, 0.6) is 0 Å². The fourth-order valence-electron chi connectivity index (χ4n) is 3.15. The zero-order valence-electron chi connectivity index (χ0n) is 14.3. The predicted octanol–water partition coefficient (Wildman–Crippen LogP) is 2.40. The fraction of sp³-hybridized carbons (Fsp3) is 0.611. The maximum atomic E-state index is 12.2. The first kappa shape index (κ1) is 17.8. The molecule has 23 heavy (non-hydrogen) atoms. The number of ether oxygens (including phenoxy) is 1. The van der Waals surface area contributed by atoms with Gasteiger partial charge in [-0.25, -0.2) is 4.79 Å². The number of benzene rings is 1. The van der Waals surface area contributed by atoms with Crippen LogP contribution >= 0.6 is 0 Å². The van der Waals surface area contributed by atoms with Gasteiger partial charge in [0, 0.05) is 13.7 Å². The number of carbonyl (C=O) groups excluding carboxylic acids is 1. The van der Waals surface area contributed by atoms with Gasteiger partial charge in [-0.2, -0.15) is 0 Å². The van der Waals surface area contributed by atoms with E-state index < -0.39 is 6.10 Å². The third-order valence-corrected chi connectivity index (χ3v) is 4.58. The monoisotopic (exact) mass is 320 g/mol. The van der Waals surface area contributed by atoms with Crippen LogP contribution in [0, 0.1) is 5.41 Å². The molecular weight excluding hydrogens is 292 g/mol. The molecule has 0 aliphatic heterocycles. The Bertz CT molecular complexity index is 531. The number of aliphatic hydroxyl groups is 1. The van der Waals surface area contributed by atoms with Crippen molar-refractivity contribution >= 4 is 6.03 Å². The molecule has 0 fully saturated rings. The molecule has 1 aromatic carbocycles. The van der Waals surface area contributed by atoms with Crippen molar-refractivity contribution in [1.29, 1.82) is 0 Å². The summed E-state index contributed by atoms with van der Waals surface area (Å²) < 4.78 is 4.87. The highest BCUT2D eigenvalue weighted by atomic mass is 16.5. The number of rotatable bonds is 6. The van der Waals surface area contributed by atoms with E-state index in [4.69, 9.17) is 4.74 Å². The van der Waals surface area contributed by atoms with Crippen LogP contribution in [0.25, 0.3) is 0 Å². The Hall–Kier alpha value is -1.59. The summed E-state index contributed by atoms with van der Waals surface area (Å²) >= 11 is 0. The van der Waals surface area contributed by atoms with Gasteiger partial charge in [0.25, 0.3) is 0 Å². The molecule has 2 amide bonds. The summed E-state index contributed by atoms with van der Waals surface area (Å²) in [5.41, 5.74) is 2.53. The molecule has 128 valence electrons. The van der Waals surface area contributed by atoms with Crippen LogP contribution in [-0.2, 0) is 11.2 Å². The molecule has 0 radical (unpaired) electrons. The molecule has 0 bridgehead atoms. The van der Waals surface area contributed by atoms with Crippen molar-refractivity contribution in [2.45, 2.75) is 45.3 Å². The average molecular weight is 320 g/mol. The molecule has 0 aromatic heterocycles. The fourth-order valence-corrected chi connectivity index (χ4v) is 3.15. The lowest BCUT2D eigenvalue weighted by molar-refractivity contribution is 0.0598. The molecule has 2 rings (SSSR count). The average Bonchev–Trinajstić information content (AvgIpc) is 2.50. The maximum absolute atomic E-state index is 12.2. The number of amides is 2. The predicted molar refractivity (Wildman–Crippen MR) is 90.3 cm³/mol. The number of urea groups is 1. The summed E-state index contributed by atoms with van der Waals surface area (Å²) in [6.45, 7) is 5.09. The van der Waals surface area contributed by atoms with Crippen LogP contribution in [0.1, 0.15) is 43.9 Å². The van der Waals surface area contributed by atoms with Gasteiger partial charge >= 0.3 is 6.03 Å². The second-order valence-electron chi connectivity index (χ2n) is 6.92. The number of hydrogen-bond donors (Lipinski definition) is 3. The van der Waals surface area contributed by atoms with E-state index in [9.17, 15) is 9.90 Å². The van der Waals surface area contributed by atoms with E-state index >= 15 is 0 Å². The number of nitrogens with one attached hydrogen (secondary N) is 2. The van der Waals surface area contributed by atoms with Gasteiger partial charge in [-0.15, -0.1) is 0 Å². The molecule has 3 N–H and O–H groups in total. The number of fused-ring (bicyclic) bond motifs is 1. The largest absolute Gasteiger partial charge is 0.391 e. The van der Waals surface area contributed by atoms with E-state index in [2.05, 4.69) is 36.6 Å². The minimum absolute atomic E-state index is 0.00338. The van der Waals surface area contributed by atoms with Gasteiger partial charge in [-0.1, -0.05) is 38.1 Å². The molecule has 1 aromatic rings. The van der Waals surface area contributed by atoms with Gasteiger partial charge in [-0.05, 0) is 35.8 Å². The highest BCUT2D eigenvalue weighted by molar-refractivity contribution is 5.74. The maximum Gasteiger partial charge on any atom is 0.315 e. The third kappa shape index (κ3) is 4.69. The van der Waals surface area contributed by atoms with Crippen LogP contribution in [0.15, 0.2) is 24.3 Å². The molecule has 1 aliphatic carbocycles. The SMILES string of the molecule is COC[C@H](O)CCNC(=O)N[C@@H]1c2ccccc2CCC1(C)C. The van der Waals surface area contributed by atoms with Crippen LogP contribution in [0.4, 0.5) is 4.79 Å². The molecule has 0 unspecified atom stereocenters. The van der Waals surface area contributed by atoms with Crippen molar-refractivity contribution in [1.82, 2.24) is 10.6 Å². The van der Waals surface area contributed by atoms with E-state index in [1.54, 1.807) is 7.11 Å². The normalized spacial score (nSPS) is 20.4. The van der Waals surface area contributed by atoms with Gasteiger partial charge in [0.05, 0.1) is 18.8 Å². The number of carbonyl (C=O) groups is 1. The lowest BCUT2D eigenvalue weighted by atomic mass is 9.70. The van der Waals surface area contributed by atoms with Crippen molar-refractivity contribution in [2.24, 2.45) is 5.41 Å². The van der Waals surface area contributed by atoms with Crippen LogP contribution in [0.2, 0.25) is 0 Å². The van der Waals surface area contributed by atoms with Gasteiger partial charge in [-0.3, -0.25) is 0 Å². The van der Waals surface area contributed by atoms with Crippen LogP contribution in [0.3, 0.4) is 0 Å². The second-order valence-corrected chi connectivity index (χ2v) is 6.92. The number of hydrogen-bond acceptors (Lipinski definition) is 3. The second kappa shape index (κ2) is 7.79. The Morgan fingerprint density at radius 3 is 2.91 bits per heavy atom. The van der Waals surface area contributed by atoms with Crippen molar-refractivity contribution in [2.75, 3.05) is 20.3 Å². The van der Waals surface area contributed by atoms with E-state index in [1.165, 1.54) is 11.1 Å². The van der Waals surface area contributed by atoms with E-state index in [-0.39, 0.29) is 24.1 Å². The molecule has 5 heteroatoms. The van der Waals surface area contributed by atoms with Gasteiger partial charge < -0.3 is 20.5 Å². The Balaban J connectivity index is 1.94. The lowest BCUT2D eigenvalue weighted by Crippen LogP contribution is -2.45. The van der Waals surface area contributed by atoms with E-state index in [0.29, 0.717) is 13.0 Å². The van der Waals surface area contributed by atoms with Gasteiger partial charge in [0.2, 0.25) is 0 Å². The molecule has 0 saturated carbocycles. The first-order chi connectivity index (χ1) is 10.9. The molecule has 2 atom stereocenters. The minimum atomic E-state index is -0.549. The van der Waals surface area contributed by atoms with Crippen molar-refractivity contribution in [3.63, 3.8) is 0 Å². The van der Waals surface area contributed by atoms with Gasteiger partial charge in [0.15, 0.2) is 0 Å². The Labute approximate surface area is 138 Å². The number of aryl methyl sites for hydroxylation is 1. The molecular formula is C18H28N2O3. The van der Waals surface area contributed by atoms with Crippen molar-refractivity contribution in [3.8, 4) is 0 Å². The van der Waals surface area contributed by atoms with E-state index in [0.717, 1.165) is 12.8 Å². The first-order valence-corrected chi connectivity index (χ1v) is 8.23. The summed E-state index contributed by atoms with van der Waals surface area (Å²) in [4.78, 5) is 12.2. The van der Waals surface area contributed by atoms with E-state index in [1.807, 2.05) is 12.1 Å². The van der Waals surface area contributed by atoms with Crippen molar-refractivity contribution < 1.29 is 14.6 Å².